The van der Waals surface area contributed by atoms with Crippen molar-refractivity contribution >= 4 is 11.5 Å². The molecule has 1 fully saturated rings. The standard InChI is InChI=1S/C13H18N4/c1-2-11(9-10-3-4-10)15-12-6-8-17-13(16-12)5-7-14-17/h5-8,10-11H,2-4,9H2,1H3,(H,15,16). The molecule has 0 spiro atoms. The number of anilines is 1. The predicted octanol–water partition coefficient (Wildman–Crippen LogP) is 2.72. The molecule has 0 aliphatic heterocycles. The van der Waals surface area contributed by atoms with E-state index >= 15 is 0 Å². The molecule has 1 aliphatic carbocycles. The summed E-state index contributed by atoms with van der Waals surface area (Å²) in [5.74, 6) is 1.91. The summed E-state index contributed by atoms with van der Waals surface area (Å²) in [7, 11) is 0. The van der Waals surface area contributed by atoms with Crippen LogP contribution in [0.4, 0.5) is 5.82 Å². The van der Waals surface area contributed by atoms with E-state index in [1.54, 1.807) is 10.7 Å². The number of hydrogen-bond donors (Lipinski definition) is 1. The summed E-state index contributed by atoms with van der Waals surface area (Å²) >= 11 is 0. The quantitative estimate of drug-likeness (QED) is 0.858. The molecule has 1 atom stereocenters. The van der Waals surface area contributed by atoms with Gasteiger partial charge in [0.25, 0.3) is 0 Å². The van der Waals surface area contributed by atoms with E-state index in [0.29, 0.717) is 6.04 Å². The Bertz CT molecular complexity index is 501. The highest BCUT2D eigenvalue weighted by Gasteiger charge is 2.24. The van der Waals surface area contributed by atoms with Crippen LogP contribution in [0.2, 0.25) is 0 Å². The molecule has 1 unspecified atom stereocenters. The molecule has 2 heterocycles. The van der Waals surface area contributed by atoms with Crippen molar-refractivity contribution in [1.29, 1.82) is 0 Å². The van der Waals surface area contributed by atoms with Gasteiger partial charge in [-0.3, -0.25) is 0 Å². The van der Waals surface area contributed by atoms with E-state index in [9.17, 15) is 0 Å². The molecule has 1 N–H and O–H groups in total. The van der Waals surface area contributed by atoms with E-state index in [1.807, 2.05) is 18.3 Å². The molecule has 0 bridgehead atoms. The molecule has 4 heteroatoms. The Labute approximate surface area is 101 Å². The fraction of sp³-hybridized carbons (Fsp3) is 0.538. The minimum atomic E-state index is 0.556. The SMILES string of the molecule is CCC(CC1CC1)Nc1ccn2nccc2n1. The van der Waals surface area contributed by atoms with Crippen LogP contribution in [0.15, 0.2) is 24.5 Å². The van der Waals surface area contributed by atoms with Crippen molar-refractivity contribution in [3.63, 3.8) is 0 Å². The van der Waals surface area contributed by atoms with Crippen LogP contribution in [0.1, 0.15) is 32.6 Å². The zero-order valence-electron chi connectivity index (χ0n) is 10.1. The smallest absolute Gasteiger partial charge is 0.157 e. The summed E-state index contributed by atoms with van der Waals surface area (Å²) in [6.45, 7) is 2.23. The summed E-state index contributed by atoms with van der Waals surface area (Å²) in [6.07, 6.45) is 8.98. The van der Waals surface area contributed by atoms with Crippen molar-refractivity contribution in [1.82, 2.24) is 14.6 Å². The van der Waals surface area contributed by atoms with Crippen molar-refractivity contribution in [2.24, 2.45) is 5.92 Å². The molecule has 1 aliphatic rings. The molecule has 1 saturated carbocycles. The van der Waals surface area contributed by atoms with Crippen molar-refractivity contribution < 1.29 is 0 Å². The zero-order valence-corrected chi connectivity index (χ0v) is 10.1. The number of nitrogens with one attached hydrogen (secondary N) is 1. The second-order valence-corrected chi connectivity index (χ2v) is 4.88. The van der Waals surface area contributed by atoms with Gasteiger partial charge in [0.15, 0.2) is 5.65 Å². The van der Waals surface area contributed by atoms with Crippen LogP contribution >= 0.6 is 0 Å². The summed E-state index contributed by atoms with van der Waals surface area (Å²) in [5, 5.41) is 7.67. The number of rotatable bonds is 5. The van der Waals surface area contributed by atoms with Crippen LogP contribution in [0.25, 0.3) is 5.65 Å². The van der Waals surface area contributed by atoms with E-state index < -0.39 is 0 Å². The van der Waals surface area contributed by atoms with E-state index in [4.69, 9.17) is 0 Å². The summed E-state index contributed by atoms with van der Waals surface area (Å²) in [6, 6.07) is 4.48. The van der Waals surface area contributed by atoms with Gasteiger partial charge in [0.2, 0.25) is 0 Å². The highest BCUT2D eigenvalue weighted by atomic mass is 15.2. The van der Waals surface area contributed by atoms with E-state index in [1.165, 1.54) is 19.3 Å². The van der Waals surface area contributed by atoms with E-state index in [-0.39, 0.29) is 0 Å². The van der Waals surface area contributed by atoms with Crippen molar-refractivity contribution in [3.8, 4) is 0 Å². The number of aromatic nitrogens is 3. The van der Waals surface area contributed by atoms with Gasteiger partial charge in [-0.1, -0.05) is 19.8 Å². The number of hydrogen-bond acceptors (Lipinski definition) is 3. The maximum atomic E-state index is 4.54. The zero-order chi connectivity index (χ0) is 11.7. The van der Waals surface area contributed by atoms with Gasteiger partial charge in [-0.2, -0.15) is 5.10 Å². The molecule has 0 saturated heterocycles. The summed E-state index contributed by atoms with van der Waals surface area (Å²) < 4.78 is 1.78. The van der Waals surface area contributed by atoms with Crippen LogP contribution in [-0.2, 0) is 0 Å². The minimum absolute atomic E-state index is 0.556. The fourth-order valence-electron chi connectivity index (χ4n) is 2.19. The van der Waals surface area contributed by atoms with Crippen LogP contribution in [0.5, 0.6) is 0 Å². The molecule has 0 radical (unpaired) electrons. The Balaban J connectivity index is 1.72. The predicted molar refractivity (Wildman–Crippen MR) is 68.0 cm³/mol. The lowest BCUT2D eigenvalue weighted by atomic mass is 10.1. The molecular formula is C13H18N4. The maximum absolute atomic E-state index is 4.54. The van der Waals surface area contributed by atoms with Gasteiger partial charge in [0.1, 0.15) is 5.82 Å². The van der Waals surface area contributed by atoms with E-state index in [0.717, 1.165) is 23.8 Å². The van der Waals surface area contributed by atoms with Gasteiger partial charge in [-0.05, 0) is 24.8 Å². The van der Waals surface area contributed by atoms with Crippen molar-refractivity contribution in [3.05, 3.63) is 24.5 Å². The molecule has 2 aromatic rings. The second kappa shape index (κ2) is 4.35. The van der Waals surface area contributed by atoms with Crippen LogP contribution in [0, 0.1) is 5.92 Å². The monoisotopic (exact) mass is 230 g/mol. The second-order valence-electron chi connectivity index (χ2n) is 4.88. The molecule has 3 rings (SSSR count). The van der Waals surface area contributed by atoms with Gasteiger partial charge in [-0.25, -0.2) is 9.50 Å². The first-order valence-corrected chi connectivity index (χ1v) is 6.42. The molecule has 0 amide bonds. The molecule has 17 heavy (non-hydrogen) atoms. The van der Waals surface area contributed by atoms with Gasteiger partial charge in [-0.15, -0.1) is 0 Å². The normalized spacial score (nSPS) is 17.2. The summed E-state index contributed by atoms with van der Waals surface area (Å²) in [5.41, 5.74) is 0.899. The van der Waals surface area contributed by atoms with Crippen LogP contribution in [0.3, 0.4) is 0 Å². The van der Waals surface area contributed by atoms with Gasteiger partial charge in [0.05, 0.1) is 6.20 Å². The van der Waals surface area contributed by atoms with Crippen LogP contribution in [-0.4, -0.2) is 20.6 Å². The number of fused-ring (bicyclic) bond motifs is 1. The van der Waals surface area contributed by atoms with Gasteiger partial charge < -0.3 is 5.32 Å². The molecule has 90 valence electrons. The third-order valence-electron chi connectivity index (χ3n) is 3.42. The number of nitrogens with zero attached hydrogens (tertiary/aromatic N) is 3. The first-order chi connectivity index (χ1) is 8.35. The summed E-state index contributed by atoms with van der Waals surface area (Å²) in [4.78, 5) is 4.54. The average molecular weight is 230 g/mol. The van der Waals surface area contributed by atoms with Gasteiger partial charge >= 0.3 is 0 Å². The lowest BCUT2D eigenvalue weighted by Crippen LogP contribution is -2.20. The topological polar surface area (TPSA) is 42.2 Å². The Hall–Kier alpha value is -1.58. The fourth-order valence-corrected chi connectivity index (χ4v) is 2.19. The first kappa shape index (κ1) is 10.6. The Morgan fingerprint density at radius 2 is 2.35 bits per heavy atom. The largest absolute Gasteiger partial charge is 0.367 e. The van der Waals surface area contributed by atoms with Crippen molar-refractivity contribution in [2.45, 2.75) is 38.6 Å². The van der Waals surface area contributed by atoms with Gasteiger partial charge in [0, 0.05) is 18.3 Å². The Kier molecular flexibility index (Phi) is 2.71. The van der Waals surface area contributed by atoms with Crippen LogP contribution < -0.4 is 5.32 Å². The minimum Gasteiger partial charge on any atom is -0.367 e. The Morgan fingerprint density at radius 3 is 3.12 bits per heavy atom. The molecule has 2 aromatic heterocycles. The van der Waals surface area contributed by atoms with Crippen molar-refractivity contribution in [2.75, 3.05) is 5.32 Å². The lowest BCUT2D eigenvalue weighted by molar-refractivity contribution is 0.585. The molecule has 4 nitrogen and oxygen atoms in total. The first-order valence-electron chi connectivity index (χ1n) is 6.42. The average Bonchev–Trinajstić information content (AvgIpc) is 3.04. The third-order valence-corrected chi connectivity index (χ3v) is 3.42. The Morgan fingerprint density at radius 1 is 1.47 bits per heavy atom. The molecule has 0 aromatic carbocycles. The van der Waals surface area contributed by atoms with E-state index in [2.05, 4.69) is 22.3 Å². The lowest BCUT2D eigenvalue weighted by Gasteiger charge is -2.17. The highest BCUT2D eigenvalue weighted by molar-refractivity contribution is 5.45. The maximum Gasteiger partial charge on any atom is 0.157 e. The third kappa shape index (κ3) is 2.40. The highest BCUT2D eigenvalue weighted by Crippen LogP contribution is 2.34. The molecular weight excluding hydrogens is 212 g/mol.